The quantitative estimate of drug-likeness (QED) is 0.188. The van der Waals surface area contributed by atoms with E-state index in [0.717, 1.165) is 0 Å². The summed E-state index contributed by atoms with van der Waals surface area (Å²) in [5.41, 5.74) is 0.0231. The van der Waals surface area contributed by atoms with Crippen molar-refractivity contribution >= 4 is 35.4 Å². The molecule has 8 N–H and O–H groups in total. The summed E-state index contributed by atoms with van der Waals surface area (Å²) in [4.78, 5) is 87.0. The molecule has 0 spiro atoms. The van der Waals surface area contributed by atoms with Gasteiger partial charge in [0.1, 0.15) is 36.0 Å². The molecule has 8 atom stereocenters. The van der Waals surface area contributed by atoms with Gasteiger partial charge >= 0.3 is 0 Å². The third-order valence-corrected chi connectivity index (χ3v) is 10.1. The molecule has 6 amide bonds. The van der Waals surface area contributed by atoms with E-state index in [1.54, 1.807) is 24.0 Å². The van der Waals surface area contributed by atoms with Crippen LogP contribution in [0.2, 0.25) is 0 Å². The van der Waals surface area contributed by atoms with E-state index in [0.29, 0.717) is 44.2 Å². The Bertz CT molecular complexity index is 1510. The first-order valence-corrected chi connectivity index (χ1v) is 19.1. The number of aromatic hydroxyl groups is 1. The number of amides is 6. The second-order valence-electron chi connectivity index (χ2n) is 16.3. The molecule has 16 nitrogen and oxygen atoms in total. The Hall–Kier alpha value is -4.28. The molecular weight excluding hydrogens is 696 g/mol. The Labute approximate surface area is 317 Å². The van der Waals surface area contributed by atoms with Gasteiger partial charge in [-0.25, -0.2) is 0 Å². The van der Waals surface area contributed by atoms with Gasteiger partial charge in [0.05, 0.1) is 24.9 Å². The van der Waals surface area contributed by atoms with Crippen LogP contribution in [-0.4, -0.2) is 129 Å². The molecule has 3 aliphatic heterocycles. The Kier molecular flexibility index (Phi) is 14.4. The van der Waals surface area contributed by atoms with E-state index in [1.807, 2.05) is 34.6 Å². The predicted molar refractivity (Wildman–Crippen MR) is 200 cm³/mol. The summed E-state index contributed by atoms with van der Waals surface area (Å²) < 4.78 is 0. The van der Waals surface area contributed by atoms with Gasteiger partial charge in [-0.1, -0.05) is 26.0 Å². The Morgan fingerprint density at radius 1 is 0.870 bits per heavy atom. The minimum atomic E-state index is -1.19. The Balaban J connectivity index is 1.76. The van der Waals surface area contributed by atoms with Gasteiger partial charge in [0.25, 0.3) is 0 Å². The minimum Gasteiger partial charge on any atom is -0.508 e. The van der Waals surface area contributed by atoms with E-state index in [-0.39, 0.29) is 31.3 Å². The smallest absolute Gasteiger partial charge is 0.246 e. The fourth-order valence-electron chi connectivity index (χ4n) is 7.57. The molecular formula is C38H60N8O8. The second kappa shape index (κ2) is 18.4. The van der Waals surface area contributed by atoms with Crippen molar-refractivity contribution in [3.8, 4) is 5.75 Å². The first-order valence-electron chi connectivity index (χ1n) is 19.1. The maximum Gasteiger partial charge on any atom is 0.246 e. The third-order valence-electron chi connectivity index (χ3n) is 10.1. The number of nitrogens with zero attached hydrogens (tertiary/aromatic N) is 2. The van der Waals surface area contributed by atoms with Crippen molar-refractivity contribution in [2.75, 3.05) is 19.8 Å². The molecule has 3 heterocycles. The van der Waals surface area contributed by atoms with Crippen LogP contribution >= 0.6 is 0 Å². The molecule has 4 rings (SSSR count). The molecule has 3 saturated heterocycles. The van der Waals surface area contributed by atoms with Crippen molar-refractivity contribution in [1.29, 1.82) is 0 Å². The van der Waals surface area contributed by atoms with Crippen LogP contribution < -0.4 is 31.9 Å². The highest BCUT2D eigenvalue weighted by molar-refractivity contribution is 5.96. The number of aliphatic hydroxyl groups is 1. The van der Waals surface area contributed by atoms with E-state index < -0.39 is 89.4 Å². The number of aliphatic hydroxyl groups excluding tert-OH is 1. The topological polar surface area (TPSA) is 222 Å². The summed E-state index contributed by atoms with van der Waals surface area (Å²) in [5.74, 6) is -2.93. The average Bonchev–Trinajstić information content (AvgIpc) is 3.76. The van der Waals surface area contributed by atoms with Crippen molar-refractivity contribution in [2.24, 2.45) is 5.92 Å². The average molecular weight is 757 g/mol. The van der Waals surface area contributed by atoms with Crippen molar-refractivity contribution in [3.05, 3.63) is 29.8 Å². The molecule has 1 aromatic rings. The Morgan fingerprint density at radius 3 is 2.11 bits per heavy atom. The summed E-state index contributed by atoms with van der Waals surface area (Å²) in [7, 11) is 0. The molecule has 3 aliphatic rings. The highest BCUT2D eigenvalue weighted by atomic mass is 16.3. The van der Waals surface area contributed by atoms with E-state index in [1.165, 1.54) is 24.0 Å². The molecule has 0 radical (unpaired) electrons. The lowest BCUT2D eigenvalue weighted by molar-refractivity contribution is -0.143. The van der Waals surface area contributed by atoms with E-state index >= 15 is 0 Å². The van der Waals surface area contributed by atoms with Gasteiger partial charge in [0.2, 0.25) is 35.4 Å². The number of hydrogen-bond donors (Lipinski definition) is 8. The van der Waals surface area contributed by atoms with Gasteiger partial charge in [0.15, 0.2) is 0 Å². The van der Waals surface area contributed by atoms with E-state index in [4.69, 9.17) is 0 Å². The summed E-state index contributed by atoms with van der Waals surface area (Å²) in [6.07, 6.45) is 1.02. The normalized spacial score (nSPS) is 29.0. The molecule has 0 bridgehead atoms. The van der Waals surface area contributed by atoms with Crippen molar-refractivity contribution < 1.29 is 39.0 Å². The standard InChI is InChI=1S/C38H60N8O8/c1-21(2)18-26-32(49)40-20-39-30(23(4)47)35(52)41-22(3)31(36(53)44-38(5,6)7)45-16-8-10-28(45)33(50)43-27(19-24-12-14-25(48)15-13-24)37(54)46-17-9-11-29(46)34(51)42-26/h12-15,21-23,26-31,39,47-48H,8-11,16-20H2,1-7H3,(H,40,49)(H,41,52)(H,42,51)(H,43,50)(H,44,53)/t22-,23-,26+,27+,28+,29-,30+,31+/m1/s1. The molecule has 54 heavy (non-hydrogen) atoms. The van der Waals surface area contributed by atoms with Gasteiger partial charge in [0, 0.05) is 18.5 Å². The Morgan fingerprint density at radius 2 is 1.48 bits per heavy atom. The van der Waals surface area contributed by atoms with Crippen LogP contribution in [0.5, 0.6) is 5.75 Å². The number of hydrogen-bond acceptors (Lipinski definition) is 10. The monoisotopic (exact) mass is 756 g/mol. The van der Waals surface area contributed by atoms with Gasteiger partial charge < -0.3 is 41.7 Å². The fraction of sp³-hybridized carbons (Fsp3) is 0.684. The number of nitrogens with one attached hydrogen (secondary N) is 6. The van der Waals surface area contributed by atoms with Gasteiger partial charge in [-0.3, -0.25) is 39.0 Å². The number of benzene rings is 1. The summed E-state index contributed by atoms with van der Waals surface area (Å²) >= 11 is 0. The lowest BCUT2D eigenvalue weighted by atomic mass is 10.0. The largest absolute Gasteiger partial charge is 0.508 e. The van der Waals surface area contributed by atoms with Crippen LogP contribution in [0.15, 0.2) is 24.3 Å². The van der Waals surface area contributed by atoms with Crippen molar-refractivity contribution in [2.45, 2.75) is 141 Å². The second-order valence-corrected chi connectivity index (χ2v) is 16.3. The first-order chi connectivity index (χ1) is 25.4. The third kappa shape index (κ3) is 11.1. The van der Waals surface area contributed by atoms with E-state index in [9.17, 15) is 39.0 Å². The molecule has 1 aromatic carbocycles. The first kappa shape index (κ1) is 42.5. The molecule has 0 saturated carbocycles. The van der Waals surface area contributed by atoms with E-state index in [2.05, 4.69) is 31.9 Å². The summed E-state index contributed by atoms with van der Waals surface area (Å²) in [6.45, 7) is 12.8. The predicted octanol–water partition coefficient (Wildman–Crippen LogP) is -0.380. The highest BCUT2D eigenvalue weighted by Gasteiger charge is 2.45. The number of fused-ring (bicyclic) bond motifs is 2. The SMILES string of the molecule is CC(C)C[C@@H]1NC(=O)[C@H]2CCCN2C(=O)[C@H](Cc2ccc(O)cc2)NC(=O)[C@@H]2CCCN2[C@H](C(=O)NC(C)(C)C)[C@@H](C)NC(=O)[C@H]([C@@H](C)O)NCNC1=O. The van der Waals surface area contributed by atoms with Crippen LogP contribution in [-0.2, 0) is 35.2 Å². The van der Waals surface area contributed by atoms with Crippen LogP contribution in [0.3, 0.4) is 0 Å². The number of carbonyl (C=O) groups excluding carboxylic acids is 6. The van der Waals surface area contributed by atoms with Crippen LogP contribution in [0.1, 0.15) is 86.1 Å². The van der Waals surface area contributed by atoms with Crippen molar-refractivity contribution in [1.82, 2.24) is 41.7 Å². The summed E-state index contributed by atoms with van der Waals surface area (Å²) in [5, 5.41) is 37.7. The zero-order chi connectivity index (χ0) is 39.9. The van der Waals surface area contributed by atoms with Crippen LogP contribution in [0, 0.1) is 5.92 Å². The fourth-order valence-corrected chi connectivity index (χ4v) is 7.57. The molecule has 300 valence electrons. The highest BCUT2D eigenvalue weighted by Crippen LogP contribution is 2.25. The molecule has 0 unspecified atom stereocenters. The van der Waals surface area contributed by atoms with Gasteiger partial charge in [-0.05, 0) is 96.9 Å². The van der Waals surface area contributed by atoms with Gasteiger partial charge in [-0.2, -0.15) is 0 Å². The minimum absolute atomic E-state index is 0.0156. The molecule has 3 fully saturated rings. The zero-order valence-electron chi connectivity index (χ0n) is 32.6. The lowest BCUT2D eigenvalue weighted by Gasteiger charge is -2.38. The maximum atomic E-state index is 14.4. The molecule has 16 heteroatoms. The lowest BCUT2D eigenvalue weighted by Crippen LogP contribution is -2.65. The van der Waals surface area contributed by atoms with Crippen molar-refractivity contribution in [3.63, 3.8) is 0 Å². The zero-order valence-corrected chi connectivity index (χ0v) is 32.6. The molecule has 0 aromatic heterocycles. The van der Waals surface area contributed by atoms with Crippen LogP contribution in [0.25, 0.3) is 0 Å². The number of phenolic OH excluding ortho intramolecular Hbond substituents is 1. The van der Waals surface area contributed by atoms with Crippen LogP contribution in [0.4, 0.5) is 0 Å². The number of carbonyl (C=O) groups is 6. The number of phenols is 1. The summed E-state index contributed by atoms with van der Waals surface area (Å²) in [6, 6.07) is -0.528. The molecule has 0 aliphatic carbocycles. The van der Waals surface area contributed by atoms with Gasteiger partial charge in [-0.15, -0.1) is 0 Å². The number of rotatable bonds is 6. The maximum absolute atomic E-state index is 14.4.